The molecule has 1 heterocycles. The fraction of sp³-hybridized carbons (Fsp3) is 0.500. The van der Waals surface area contributed by atoms with Gasteiger partial charge in [0.05, 0.1) is 16.7 Å². The van der Waals surface area contributed by atoms with E-state index >= 15 is 0 Å². The number of aromatic nitrogens is 1. The first-order chi connectivity index (χ1) is 7.97. The molecule has 7 nitrogen and oxygen atoms in total. The molecule has 0 aliphatic carbocycles. The van der Waals surface area contributed by atoms with Gasteiger partial charge in [-0.15, -0.1) is 0 Å². The normalized spacial score (nSPS) is 14.4. The summed E-state index contributed by atoms with van der Waals surface area (Å²) in [4.78, 5) is 13.9. The van der Waals surface area contributed by atoms with Gasteiger partial charge in [-0.1, -0.05) is 0 Å². The number of pyridine rings is 1. The third-order valence-corrected chi connectivity index (χ3v) is 2.37. The van der Waals surface area contributed by atoms with Crippen molar-refractivity contribution in [1.29, 1.82) is 0 Å². The third kappa shape index (κ3) is 3.19. The second kappa shape index (κ2) is 5.67. The zero-order valence-electron chi connectivity index (χ0n) is 9.28. The molecule has 94 valence electrons. The maximum absolute atomic E-state index is 10.6. The predicted octanol–water partition coefficient (Wildman–Crippen LogP) is 0.0749. The summed E-state index contributed by atoms with van der Waals surface area (Å²) >= 11 is 0. The van der Waals surface area contributed by atoms with Gasteiger partial charge in [0.1, 0.15) is 11.8 Å². The molecule has 7 heteroatoms. The molecule has 0 bridgehead atoms. The van der Waals surface area contributed by atoms with Gasteiger partial charge in [-0.25, -0.2) is 4.98 Å². The fourth-order valence-corrected chi connectivity index (χ4v) is 1.42. The van der Waals surface area contributed by atoms with Crippen molar-refractivity contribution < 1.29 is 20.2 Å². The van der Waals surface area contributed by atoms with Crippen LogP contribution in [0.25, 0.3) is 0 Å². The lowest BCUT2D eigenvalue weighted by molar-refractivity contribution is -0.385. The van der Waals surface area contributed by atoms with Crippen molar-refractivity contribution in [3.8, 4) is 0 Å². The van der Waals surface area contributed by atoms with E-state index in [9.17, 15) is 20.3 Å². The molecule has 0 aromatic carbocycles. The van der Waals surface area contributed by atoms with Crippen LogP contribution >= 0.6 is 0 Å². The van der Waals surface area contributed by atoms with Gasteiger partial charge in [0, 0.05) is 12.7 Å². The minimum absolute atomic E-state index is 0.0128. The van der Waals surface area contributed by atoms with Gasteiger partial charge in [0.15, 0.2) is 0 Å². The van der Waals surface area contributed by atoms with Gasteiger partial charge in [0.2, 0.25) is 0 Å². The van der Waals surface area contributed by atoms with Crippen molar-refractivity contribution in [2.45, 2.75) is 25.6 Å². The van der Waals surface area contributed by atoms with E-state index in [0.29, 0.717) is 0 Å². The molecule has 2 unspecified atom stereocenters. The maximum Gasteiger partial charge on any atom is 0.290 e. The molecule has 2 atom stereocenters. The highest BCUT2D eigenvalue weighted by Gasteiger charge is 2.21. The summed E-state index contributed by atoms with van der Waals surface area (Å²) in [5.41, 5.74) is 0.175. The van der Waals surface area contributed by atoms with Gasteiger partial charge in [0.25, 0.3) is 5.69 Å². The number of aliphatic hydroxyl groups is 3. The van der Waals surface area contributed by atoms with E-state index in [1.165, 1.54) is 19.1 Å². The monoisotopic (exact) mass is 242 g/mol. The Hall–Kier alpha value is -1.57. The molecule has 0 aliphatic heterocycles. The molecule has 3 N–H and O–H groups in total. The molecule has 0 saturated carbocycles. The molecule has 1 aromatic rings. The summed E-state index contributed by atoms with van der Waals surface area (Å²) in [5, 5.41) is 38.3. The van der Waals surface area contributed by atoms with Crippen LogP contribution in [-0.2, 0) is 0 Å². The van der Waals surface area contributed by atoms with Crippen LogP contribution < -0.4 is 0 Å². The summed E-state index contributed by atoms with van der Waals surface area (Å²) in [6.07, 6.45) is -2.39. The molecular weight excluding hydrogens is 228 g/mol. The van der Waals surface area contributed by atoms with Crippen molar-refractivity contribution in [2.24, 2.45) is 0 Å². The van der Waals surface area contributed by atoms with Crippen LogP contribution in [0.5, 0.6) is 0 Å². The minimum atomic E-state index is -1.26. The van der Waals surface area contributed by atoms with Gasteiger partial charge >= 0.3 is 0 Å². The highest BCUT2D eigenvalue weighted by molar-refractivity contribution is 5.35. The van der Waals surface area contributed by atoms with Gasteiger partial charge < -0.3 is 15.3 Å². The lowest BCUT2D eigenvalue weighted by atomic mass is 10.1. The average molecular weight is 242 g/mol. The fourth-order valence-electron chi connectivity index (χ4n) is 1.42. The maximum atomic E-state index is 10.6. The summed E-state index contributed by atoms with van der Waals surface area (Å²) < 4.78 is 0. The van der Waals surface area contributed by atoms with E-state index < -0.39 is 17.1 Å². The van der Waals surface area contributed by atoms with E-state index in [-0.39, 0.29) is 30.1 Å². The van der Waals surface area contributed by atoms with E-state index in [4.69, 9.17) is 5.11 Å². The number of hydrogen-bond donors (Lipinski definition) is 3. The summed E-state index contributed by atoms with van der Waals surface area (Å²) in [7, 11) is 0. The number of aliphatic hydroxyl groups excluding tert-OH is 3. The predicted molar refractivity (Wildman–Crippen MR) is 58.3 cm³/mol. The second-order valence-corrected chi connectivity index (χ2v) is 3.62. The number of nitro groups is 1. The van der Waals surface area contributed by atoms with Crippen LogP contribution in [0, 0.1) is 17.0 Å². The standard InChI is InChI=1S/C10H14N2O5/c1-6-8(12(16)17)3-2-7(11-6)10(15)9(14)4-5-13/h2-3,9-10,13-15H,4-5H2,1H3. The molecular formula is C10H14N2O5. The van der Waals surface area contributed by atoms with Crippen molar-refractivity contribution in [3.63, 3.8) is 0 Å². The lowest BCUT2D eigenvalue weighted by Gasteiger charge is -2.16. The van der Waals surface area contributed by atoms with Crippen LogP contribution in [0.2, 0.25) is 0 Å². The largest absolute Gasteiger partial charge is 0.396 e. The van der Waals surface area contributed by atoms with Crippen molar-refractivity contribution in [2.75, 3.05) is 6.61 Å². The van der Waals surface area contributed by atoms with E-state index in [1.807, 2.05) is 0 Å². The Balaban J connectivity index is 2.93. The highest BCUT2D eigenvalue weighted by Crippen LogP contribution is 2.21. The molecule has 1 aromatic heterocycles. The molecule has 0 radical (unpaired) electrons. The Morgan fingerprint density at radius 3 is 2.59 bits per heavy atom. The van der Waals surface area contributed by atoms with Gasteiger partial charge in [-0.3, -0.25) is 10.1 Å². The summed E-state index contributed by atoms with van der Waals surface area (Å²) in [5.74, 6) is 0. The number of rotatable bonds is 5. The van der Waals surface area contributed by atoms with Crippen molar-refractivity contribution >= 4 is 5.69 Å². The topological polar surface area (TPSA) is 117 Å². The number of aryl methyl sites for hydroxylation is 1. The molecule has 0 fully saturated rings. The summed E-state index contributed by atoms with van der Waals surface area (Å²) in [6.45, 7) is 1.19. The SMILES string of the molecule is Cc1nc(C(O)C(O)CCO)ccc1[N+](=O)[O-]. The second-order valence-electron chi connectivity index (χ2n) is 3.62. The van der Waals surface area contributed by atoms with Crippen LogP contribution in [0.4, 0.5) is 5.69 Å². The van der Waals surface area contributed by atoms with E-state index in [2.05, 4.69) is 4.98 Å². The van der Waals surface area contributed by atoms with Crippen molar-refractivity contribution in [1.82, 2.24) is 4.98 Å². The van der Waals surface area contributed by atoms with E-state index in [1.54, 1.807) is 0 Å². The minimum Gasteiger partial charge on any atom is -0.396 e. The number of hydrogen-bond acceptors (Lipinski definition) is 6. The molecule has 0 amide bonds. The van der Waals surface area contributed by atoms with Crippen LogP contribution in [0.3, 0.4) is 0 Å². The Kier molecular flexibility index (Phi) is 4.50. The van der Waals surface area contributed by atoms with Crippen LogP contribution in [-0.4, -0.2) is 37.9 Å². The van der Waals surface area contributed by atoms with Crippen LogP contribution in [0.15, 0.2) is 12.1 Å². The van der Waals surface area contributed by atoms with Gasteiger partial charge in [-0.2, -0.15) is 0 Å². The Labute approximate surface area is 97.5 Å². The Morgan fingerprint density at radius 2 is 2.12 bits per heavy atom. The van der Waals surface area contributed by atoms with E-state index in [0.717, 1.165) is 0 Å². The quantitative estimate of drug-likeness (QED) is 0.497. The highest BCUT2D eigenvalue weighted by atomic mass is 16.6. The molecule has 17 heavy (non-hydrogen) atoms. The average Bonchev–Trinajstić information content (AvgIpc) is 2.27. The van der Waals surface area contributed by atoms with Gasteiger partial charge in [-0.05, 0) is 19.4 Å². The first-order valence-corrected chi connectivity index (χ1v) is 5.06. The first-order valence-electron chi connectivity index (χ1n) is 5.06. The molecule has 1 rings (SSSR count). The Bertz CT molecular complexity index is 410. The molecule has 0 saturated heterocycles. The number of nitrogens with zero attached hydrogens (tertiary/aromatic N) is 2. The zero-order valence-corrected chi connectivity index (χ0v) is 9.28. The third-order valence-electron chi connectivity index (χ3n) is 2.37. The zero-order chi connectivity index (χ0) is 13.0. The van der Waals surface area contributed by atoms with Crippen LogP contribution in [0.1, 0.15) is 23.9 Å². The first kappa shape index (κ1) is 13.5. The smallest absolute Gasteiger partial charge is 0.290 e. The lowest BCUT2D eigenvalue weighted by Crippen LogP contribution is -2.20. The Morgan fingerprint density at radius 1 is 1.47 bits per heavy atom. The molecule has 0 spiro atoms. The van der Waals surface area contributed by atoms with Crippen molar-refractivity contribution in [3.05, 3.63) is 33.6 Å². The summed E-state index contributed by atoms with van der Waals surface area (Å²) in [6, 6.07) is 2.52. The molecule has 0 aliphatic rings.